The molecule has 318 valence electrons. The molecule has 0 aliphatic heterocycles. The highest BCUT2D eigenvalue weighted by Gasteiger charge is 2.18. The first-order valence-electron chi connectivity index (χ1n) is 23.6. The Balaban J connectivity index is 3.47. The molecule has 0 radical (unpaired) electrons. The zero-order chi connectivity index (χ0) is 39.4. The zero-order valence-electron chi connectivity index (χ0n) is 36.0. The van der Waals surface area contributed by atoms with Crippen molar-refractivity contribution in [2.75, 3.05) is 13.2 Å². The molecule has 54 heavy (non-hydrogen) atoms. The summed E-state index contributed by atoms with van der Waals surface area (Å²) >= 11 is 0. The quantitative estimate of drug-likeness (QED) is 0.0327. The Hall–Kier alpha value is -1.66. The van der Waals surface area contributed by atoms with Crippen LogP contribution in [0.3, 0.4) is 0 Å². The number of hydrogen-bond donors (Lipinski definition) is 3. The predicted molar refractivity (Wildman–Crippen MR) is 232 cm³/mol. The van der Waals surface area contributed by atoms with E-state index in [2.05, 4.69) is 31.3 Å². The summed E-state index contributed by atoms with van der Waals surface area (Å²) in [4.78, 5) is 24.3. The summed E-state index contributed by atoms with van der Waals surface area (Å²) in [5.41, 5.74) is 0. The molecule has 0 aromatic heterocycles. The first kappa shape index (κ1) is 52.3. The molecule has 0 rings (SSSR count). The normalized spacial score (nSPS) is 12.9. The number of unbranched alkanes of at least 4 members (excludes halogenated alkanes) is 30. The summed E-state index contributed by atoms with van der Waals surface area (Å²) < 4.78 is 5.44. The maximum atomic E-state index is 12.4. The van der Waals surface area contributed by atoms with Gasteiger partial charge in [-0.2, -0.15) is 0 Å². The highest BCUT2D eigenvalue weighted by atomic mass is 16.5. The first-order chi connectivity index (χ1) is 26.5. The van der Waals surface area contributed by atoms with Gasteiger partial charge in [-0.05, 0) is 57.8 Å². The van der Waals surface area contributed by atoms with Crippen LogP contribution >= 0.6 is 0 Å². The van der Waals surface area contributed by atoms with Crippen LogP contribution in [0.25, 0.3) is 0 Å². The number of carbonyl (C=O) groups is 2. The molecular formula is C48H91NO5. The van der Waals surface area contributed by atoms with Crippen molar-refractivity contribution in [3.05, 3.63) is 24.3 Å². The molecule has 0 fully saturated rings. The Morgan fingerprint density at radius 2 is 0.870 bits per heavy atom. The Kier molecular flexibility index (Phi) is 42.7. The molecule has 6 heteroatoms. The van der Waals surface area contributed by atoms with Gasteiger partial charge in [-0.1, -0.05) is 199 Å². The van der Waals surface area contributed by atoms with Crippen LogP contribution in [0.15, 0.2) is 24.3 Å². The van der Waals surface area contributed by atoms with Gasteiger partial charge in [-0.3, -0.25) is 9.59 Å². The van der Waals surface area contributed by atoms with E-state index in [1.54, 1.807) is 6.08 Å². The molecule has 0 spiro atoms. The van der Waals surface area contributed by atoms with E-state index in [9.17, 15) is 19.8 Å². The minimum atomic E-state index is -0.849. The van der Waals surface area contributed by atoms with Gasteiger partial charge in [0.25, 0.3) is 0 Å². The van der Waals surface area contributed by atoms with Gasteiger partial charge in [0.05, 0.1) is 25.4 Å². The van der Waals surface area contributed by atoms with Crippen LogP contribution in [0.5, 0.6) is 0 Å². The lowest BCUT2D eigenvalue weighted by Crippen LogP contribution is -2.45. The molecule has 2 atom stereocenters. The lowest BCUT2D eigenvalue weighted by Gasteiger charge is -2.20. The fraction of sp³-hybridized carbons (Fsp3) is 0.875. The van der Waals surface area contributed by atoms with Crippen LogP contribution in [-0.2, 0) is 14.3 Å². The largest absolute Gasteiger partial charge is 0.466 e. The number of ether oxygens (including phenoxy) is 1. The average molecular weight is 762 g/mol. The number of allylic oxidation sites excluding steroid dienone is 3. The van der Waals surface area contributed by atoms with Crippen molar-refractivity contribution in [2.24, 2.45) is 0 Å². The van der Waals surface area contributed by atoms with E-state index in [1.807, 2.05) is 6.08 Å². The van der Waals surface area contributed by atoms with Gasteiger partial charge in [0.15, 0.2) is 0 Å². The second kappa shape index (κ2) is 44.1. The lowest BCUT2D eigenvalue weighted by atomic mass is 10.0. The van der Waals surface area contributed by atoms with E-state index < -0.39 is 12.1 Å². The van der Waals surface area contributed by atoms with E-state index in [0.717, 1.165) is 57.8 Å². The number of esters is 1. The smallest absolute Gasteiger partial charge is 0.305 e. The third-order valence-corrected chi connectivity index (χ3v) is 10.7. The molecule has 0 heterocycles. The molecule has 0 aromatic carbocycles. The summed E-state index contributed by atoms with van der Waals surface area (Å²) in [6.45, 7) is 4.83. The van der Waals surface area contributed by atoms with E-state index in [-0.39, 0.29) is 18.5 Å². The highest BCUT2D eigenvalue weighted by Crippen LogP contribution is 2.15. The Labute approximate surface area is 335 Å². The number of carbonyl (C=O) groups excluding carboxylic acids is 2. The van der Waals surface area contributed by atoms with Gasteiger partial charge in [0.2, 0.25) is 5.91 Å². The monoisotopic (exact) mass is 762 g/mol. The fourth-order valence-electron chi connectivity index (χ4n) is 7.04. The maximum Gasteiger partial charge on any atom is 0.305 e. The summed E-state index contributed by atoms with van der Waals surface area (Å²) in [5, 5.41) is 22.9. The molecular weight excluding hydrogens is 671 g/mol. The number of aliphatic hydroxyl groups is 2. The molecule has 1 amide bonds. The molecule has 6 nitrogen and oxygen atoms in total. The Bertz CT molecular complexity index is 843. The number of nitrogens with one attached hydrogen (secondary N) is 1. The van der Waals surface area contributed by atoms with E-state index in [1.165, 1.54) is 161 Å². The lowest BCUT2D eigenvalue weighted by molar-refractivity contribution is -0.143. The minimum absolute atomic E-state index is 0.0144. The van der Waals surface area contributed by atoms with Crippen molar-refractivity contribution in [3.63, 3.8) is 0 Å². The van der Waals surface area contributed by atoms with Crippen molar-refractivity contribution >= 4 is 11.9 Å². The van der Waals surface area contributed by atoms with Gasteiger partial charge in [0, 0.05) is 12.8 Å². The molecule has 0 saturated heterocycles. The van der Waals surface area contributed by atoms with Crippen LogP contribution in [-0.4, -0.2) is 47.4 Å². The van der Waals surface area contributed by atoms with Gasteiger partial charge >= 0.3 is 5.97 Å². The second-order valence-electron chi connectivity index (χ2n) is 16.1. The number of aliphatic hydroxyl groups excluding tert-OH is 2. The number of amides is 1. The summed E-state index contributed by atoms with van der Waals surface area (Å²) in [6, 6.07) is -0.634. The minimum Gasteiger partial charge on any atom is -0.466 e. The SMILES string of the molecule is CCCCC/C=C\CCCCCCCC(=O)OCCCCCCCCCCCCCCCCC(=O)NC(CO)C(O)/C=C/CCCCCCCCCCC. The van der Waals surface area contributed by atoms with E-state index in [4.69, 9.17) is 4.74 Å². The number of rotatable bonds is 43. The first-order valence-corrected chi connectivity index (χ1v) is 23.6. The molecule has 0 aliphatic carbocycles. The number of hydrogen-bond acceptors (Lipinski definition) is 5. The molecule has 0 saturated carbocycles. The van der Waals surface area contributed by atoms with E-state index in [0.29, 0.717) is 19.4 Å². The van der Waals surface area contributed by atoms with Crippen molar-refractivity contribution in [3.8, 4) is 0 Å². The third-order valence-electron chi connectivity index (χ3n) is 10.7. The third kappa shape index (κ3) is 40.0. The summed E-state index contributed by atoms with van der Waals surface area (Å²) in [6.07, 6.45) is 50.2. The zero-order valence-corrected chi connectivity index (χ0v) is 36.0. The van der Waals surface area contributed by atoms with Crippen molar-refractivity contribution < 1.29 is 24.5 Å². The van der Waals surface area contributed by atoms with E-state index >= 15 is 0 Å². The van der Waals surface area contributed by atoms with Crippen LogP contribution in [0.4, 0.5) is 0 Å². The van der Waals surface area contributed by atoms with Crippen molar-refractivity contribution in [1.82, 2.24) is 5.32 Å². The molecule has 0 aliphatic rings. The average Bonchev–Trinajstić information content (AvgIpc) is 3.17. The maximum absolute atomic E-state index is 12.4. The summed E-state index contributed by atoms with van der Waals surface area (Å²) in [7, 11) is 0. The topological polar surface area (TPSA) is 95.9 Å². The van der Waals surface area contributed by atoms with Crippen LogP contribution in [0.1, 0.15) is 245 Å². The molecule has 2 unspecified atom stereocenters. The highest BCUT2D eigenvalue weighted by molar-refractivity contribution is 5.76. The van der Waals surface area contributed by atoms with Gasteiger partial charge in [-0.25, -0.2) is 0 Å². The predicted octanol–water partition coefficient (Wildman–Crippen LogP) is 13.6. The standard InChI is InChI=1S/C48H91NO5/c1-3-5-7-9-11-13-15-22-26-30-34-38-42-48(53)54-43-39-35-31-27-23-19-17-16-18-21-25-29-33-37-41-47(52)49-45(44-50)46(51)40-36-32-28-24-20-14-12-10-8-6-4-2/h11,13,36,40,45-46,50-51H,3-10,12,14-35,37-39,41-44H2,1-2H3,(H,49,52)/b13-11-,40-36+. The van der Waals surface area contributed by atoms with Gasteiger partial charge < -0.3 is 20.3 Å². The Morgan fingerprint density at radius 1 is 0.500 bits per heavy atom. The molecule has 0 bridgehead atoms. The van der Waals surface area contributed by atoms with Gasteiger partial charge in [-0.15, -0.1) is 0 Å². The van der Waals surface area contributed by atoms with Crippen molar-refractivity contribution in [2.45, 2.75) is 257 Å². The summed E-state index contributed by atoms with van der Waals surface area (Å²) in [5.74, 6) is -0.0952. The van der Waals surface area contributed by atoms with Gasteiger partial charge in [0.1, 0.15) is 0 Å². The Morgan fingerprint density at radius 3 is 1.35 bits per heavy atom. The van der Waals surface area contributed by atoms with Crippen LogP contribution < -0.4 is 5.32 Å². The second-order valence-corrected chi connectivity index (χ2v) is 16.1. The van der Waals surface area contributed by atoms with Crippen LogP contribution in [0.2, 0.25) is 0 Å². The molecule has 3 N–H and O–H groups in total. The molecule has 0 aromatic rings. The van der Waals surface area contributed by atoms with Crippen molar-refractivity contribution in [1.29, 1.82) is 0 Å². The fourth-order valence-corrected chi connectivity index (χ4v) is 7.04. The van der Waals surface area contributed by atoms with Crippen LogP contribution in [0, 0.1) is 0 Å².